The summed E-state index contributed by atoms with van der Waals surface area (Å²) in [6, 6.07) is 16.9. The molecule has 0 atom stereocenters. The van der Waals surface area contributed by atoms with Crippen LogP contribution < -0.4 is 5.32 Å². The first kappa shape index (κ1) is 13.6. The summed E-state index contributed by atoms with van der Waals surface area (Å²) in [5, 5.41) is 3.19. The normalized spacial score (nSPS) is 11.2. The number of rotatable bonds is 5. The maximum Gasteiger partial charge on any atom is 0.180 e. The van der Waals surface area contributed by atoms with Gasteiger partial charge in [-0.05, 0) is 17.7 Å². The van der Waals surface area contributed by atoms with Gasteiger partial charge in [-0.2, -0.15) is 0 Å². The largest absolute Gasteiger partial charge is 0.380 e. The zero-order chi connectivity index (χ0) is 13.7. The predicted octanol–water partition coefficient (Wildman–Crippen LogP) is 3.09. The molecule has 0 bridgehead atoms. The summed E-state index contributed by atoms with van der Waals surface area (Å²) in [6.07, 6.45) is 0. The summed E-state index contributed by atoms with van der Waals surface area (Å²) in [6.45, 7) is 2.26. The molecule has 0 radical (unpaired) electrons. The lowest BCUT2D eigenvalue weighted by atomic mass is 10.2. The van der Waals surface area contributed by atoms with Crippen molar-refractivity contribution in [1.29, 1.82) is 0 Å². The van der Waals surface area contributed by atoms with Crippen LogP contribution in [0.4, 0.5) is 5.69 Å². The van der Waals surface area contributed by atoms with Crippen LogP contribution in [0.3, 0.4) is 0 Å². The van der Waals surface area contributed by atoms with Crippen molar-refractivity contribution in [3.8, 4) is 0 Å². The monoisotopic (exact) mass is 275 g/mol. The third-order valence-electron chi connectivity index (χ3n) is 2.93. The highest BCUT2D eigenvalue weighted by molar-refractivity contribution is 7.91. The van der Waals surface area contributed by atoms with Crippen LogP contribution in [0, 0.1) is 0 Å². The Labute approximate surface area is 114 Å². The molecule has 0 aliphatic rings. The SMILES string of the molecule is CCS(=O)(=O)c1ccccc1NCc1ccccc1. The first-order valence-corrected chi connectivity index (χ1v) is 7.88. The number of hydrogen-bond acceptors (Lipinski definition) is 3. The third-order valence-corrected chi connectivity index (χ3v) is 4.71. The standard InChI is InChI=1S/C15H17NO2S/c1-2-19(17,18)15-11-7-6-10-14(15)16-12-13-8-4-3-5-9-13/h3-11,16H,2,12H2,1H3. The molecule has 0 fully saturated rings. The van der Waals surface area contributed by atoms with Crippen LogP contribution in [0.15, 0.2) is 59.5 Å². The van der Waals surface area contributed by atoms with Crippen molar-refractivity contribution in [2.75, 3.05) is 11.1 Å². The summed E-state index contributed by atoms with van der Waals surface area (Å²) in [4.78, 5) is 0.369. The van der Waals surface area contributed by atoms with Gasteiger partial charge in [-0.25, -0.2) is 8.42 Å². The maximum absolute atomic E-state index is 12.0. The van der Waals surface area contributed by atoms with Crippen LogP contribution >= 0.6 is 0 Å². The van der Waals surface area contributed by atoms with Gasteiger partial charge in [0, 0.05) is 6.54 Å². The van der Waals surface area contributed by atoms with Crippen LogP contribution in [-0.2, 0) is 16.4 Å². The summed E-state index contributed by atoms with van der Waals surface area (Å²) in [7, 11) is -3.20. The van der Waals surface area contributed by atoms with Crippen molar-refractivity contribution in [1.82, 2.24) is 0 Å². The highest BCUT2D eigenvalue weighted by atomic mass is 32.2. The van der Waals surface area contributed by atoms with Crippen LogP contribution in [0.2, 0.25) is 0 Å². The minimum Gasteiger partial charge on any atom is -0.380 e. The quantitative estimate of drug-likeness (QED) is 0.912. The topological polar surface area (TPSA) is 46.2 Å². The van der Waals surface area contributed by atoms with Gasteiger partial charge in [-0.15, -0.1) is 0 Å². The van der Waals surface area contributed by atoms with Gasteiger partial charge in [0.05, 0.1) is 16.3 Å². The van der Waals surface area contributed by atoms with Crippen LogP contribution in [0.5, 0.6) is 0 Å². The molecule has 0 spiro atoms. The molecule has 3 nitrogen and oxygen atoms in total. The maximum atomic E-state index is 12.0. The Morgan fingerprint density at radius 2 is 1.58 bits per heavy atom. The van der Waals surface area contributed by atoms with E-state index in [2.05, 4.69) is 5.32 Å². The Morgan fingerprint density at radius 1 is 0.947 bits per heavy atom. The van der Waals surface area contributed by atoms with E-state index < -0.39 is 9.84 Å². The Morgan fingerprint density at radius 3 is 2.26 bits per heavy atom. The molecule has 0 unspecified atom stereocenters. The zero-order valence-corrected chi connectivity index (χ0v) is 11.7. The lowest BCUT2D eigenvalue weighted by Gasteiger charge is -2.11. The van der Waals surface area contributed by atoms with E-state index in [4.69, 9.17) is 0 Å². The summed E-state index contributed by atoms with van der Waals surface area (Å²) in [5.41, 5.74) is 1.78. The Balaban J connectivity index is 2.22. The minimum atomic E-state index is -3.20. The molecule has 0 aliphatic carbocycles. The Kier molecular flexibility index (Phi) is 4.22. The van der Waals surface area contributed by atoms with Gasteiger partial charge in [0.2, 0.25) is 0 Å². The molecule has 2 aromatic carbocycles. The van der Waals surface area contributed by atoms with Gasteiger partial charge in [0.1, 0.15) is 0 Å². The molecule has 0 heterocycles. The minimum absolute atomic E-state index is 0.108. The number of anilines is 1. The predicted molar refractivity (Wildman–Crippen MR) is 77.9 cm³/mol. The molecule has 4 heteroatoms. The second-order valence-electron chi connectivity index (χ2n) is 4.24. The lowest BCUT2D eigenvalue weighted by Crippen LogP contribution is -2.09. The second kappa shape index (κ2) is 5.89. The van der Waals surface area contributed by atoms with Crippen molar-refractivity contribution >= 4 is 15.5 Å². The van der Waals surface area contributed by atoms with E-state index in [0.717, 1.165) is 5.56 Å². The molecule has 100 valence electrons. The average Bonchev–Trinajstić information content (AvgIpc) is 2.46. The molecule has 1 N–H and O–H groups in total. The van der Waals surface area contributed by atoms with Gasteiger partial charge < -0.3 is 5.32 Å². The zero-order valence-electron chi connectivity index (χ0n) is 10.8. The van der Waals surface area contributed by atoms with E-state index >= 15 is 0 Å². The lowest BCUT2D eigenvalue weighted by molar-refractivity contribution is 0.597. The van der Waals surface area contributed by atoms with Crippen molar-refractivity contribution in [3.05, 3.63) is 60.2 Å². The molecule has 0 aromatic heterocycles. The molecular weight excluding hydrogens is 258 g/mol. The number of hydrogen-bond donors (Lipinski definition) is 1. The van der Waals surface area contributed by atoms with Gasteiger partial charge in [0.15, 0.2) is 9.84 Å². The molecule has 0 amide bonds. The van der Waals surface area contributed by atoms with E-state index in [1.807, 2.05) is 36.4 Å². The van der Waals surface area contributed by atoms with Gasteiger partial charge in [-0.1, -0.05) is 49.4 Å². The molecule has 0 saturated heterocycles. The van der Waals surface area contributed by atoms with E-state index in [1.165, 1.54) is 0 Å². The van der Waals surface area contributed by atoms with E-state index in [9.17, 15) is 8.42 Å². The smallest absolute Gasteiger partial charge is 0.180 e. The molecule has 0 saturated carbocycles. The summed E-state index contributed by atoms with van der Waals surface area (Å²) in [5.74, 6) is 0.108. The first-order valence-electron chi connectivity index (χ1n) is 6.23. The number of sulfone groups is 1. The van der Waals surface area contributed by atoms with Crippen molar-refractivity contribution in [3.63, 3.8) is 0 Å². The van der Waals surface area contributed by atoms with Crippen LogP contribution in [-0.4, -0.2) is 14.2 Å². The highest BCUT2D eigenvalue weighted by Crippen LogP contribution is 2.22. The van der Waals surface area contributed by atoms with Gasteiger partial charge in [-0.3, -0.25) is 0 Å². The van der Waals surface area contributed by atoms with Crippen molar-refractivity contribution in [2.24, 2.45) is 0 Å². The molecule has 2 aromatic rings. The average molecular weight is 275 g/mol. The van der Waals surface area contributed by atoms with Crippen molar-refractivity contribution in [2.45, 2.75) is 18.4 Å². The Bertz CT molecular complexity index is 636. The summed E-state index contributed by atoms with van der Waals surface area (Å²) >= 11 is 0. The molecule has 0 aliphatic heterocycles. The van der Waals surface area contributed by atoms with Crippen molar-refractivity contribution < 1.29 is 8.42 Å². The summed E-state index contributed by atoms with van der Waals surface area (Å²) < 4.78 is 24.0. The number of benzene rings is 2. The van der Waals surface area contributed by atoms with E-state index in [1.54, 1.807) is 25.1 Å². The molecule has 2 rings (SSSR count). The van der Waals surface area contributed by atoms with Crippen LogP contribution in [0.1, 0.15) is 12.5 Å². The van der Waals surface area contributed by atoms with Crippen LogP contribution in [0.25, 0.3) is 0 Å². The second-order valence-corrected chi connectivity index (χ2v) is 6.49. The first-order chi connectivity index (χ1) is 9.13. The van der Waals surface area contributed by atoms with Gasteiger partial charge in [0.25, 0.3) is 0 Å². The Hall–Kier alpha value is -1.81. The highest BCUT2D eigenvalue weighted by Gasteiger charge is 2.15. The third kappa shape index (κ3) is 3.35. The fourth-order valence-corrected chi connectivity index (χ4v) is 2.90. The van der Waals surface area contributed by atoms with E-state index in [-0.39, 0.29) is 5.75 Å². The number of para-hydroxylation sites is 1. The fourth-order valence-electron chi connectivity index (χ4n) is 1.83. The molecular formula is C15H17NO2S. The number of nitrogens with one attached hydrogen (secondary N) is 1. The molecule has 19 heavy (non-hydrogen) atoms. The van der Waals surface area contributed by atoms with Gasteiger partial charge >= 0.3 is 0 Å². The fraction of sp³-hybridized carbons (Fsp3) is 0.200. The van der Waals surface area contributed by atoms with E-state index in [0.29, 0.717) is 17.1 Å².